The second-order valence-corrected chi connectivity index (χ2v) is 18.5. The number of hydrogen-bond acceptors (Lipinski definition) is 2. The summed E-state index contributed by atoms with van der Waals surface area (Å²) in [7, 11) is 0. The van der Waals surface area contributed by atoms with E-state index < -0.39 is 0 Å². The first-order chi connectivity index (χ1) is 27.3. The number of carbonyl (C=O) groups excluding carboxylic acids is 1. The molecule has 7 atom stereocenters. The Morgan fingerprint density at radius 1 is 0.930 bits per heavy atom. The van der Waals surface area contributed by atoms with E-state index in [1.165, 1.54) is 67.2 Å². The summed E-state index contributed by atoms with van der Waals surface area (Å²) in [6.45, 7) is 18.3. The molecule has 0 spiro atoms. The van der Waals surface area contributed by atoms with Crippen LogP contribution in [0.15, 0.2) is 83.5 Å². The lowest BCUT2D eigenvalue weighted by atomic mass is 9.74. The Balaban J connectivity index is 0.958. The summed E-state index contributed by atoms with van der Waals surface area (Å²) >= 11 is 0. The average molecular weight is 764 g/mol. The lowest BCUT2D eigenvalue weighted by molar-refractivity contribution is -0.132. The van der Waals surface area contributed by atoms with Crippen molar-refractivity contribution in [2.45, 2.75) is 129 Å². The molecule has 0 aromatic heterocycles. The van der Waals surface area contributed by atoms with Gasteiger partial charge in [-0.05, 0) is 134 Å². The molecule has 1 radical (unpaired) electrons. The van der Waals surface area contributed by atoms with Crippen molar-refractivity contribution in [3.05, 3.63) is 125 Å². The second-order valence-electron chi connectivity index (χ2n) is 18.5. The molecule has 0 saturated heterocycles. The lowest BCUT2D eigenvalue weighted by Crippen LogP contribution is -2.35. The second kappa shape index (κ2) is 18.5. The number of amides is 1. The van der Waals surface area contributed by atoms with E-state index in [0.29, 0.717) is 43.1 Å². The minimum atomic E-state index is -0.344. The van der Waals surface area contributed by atoms with E-state index in [4.69, 9.17) is 6.42 Å². The molecule has 1 amide bonds. The van der Waals surface area contributed by atoms with E-state index in [1.807, 2.05) is 19.2 Å². The fourth-order valence-electron chi connectivity index (χ4n) is 9.03. The number of terminal acetylenes is 1. The van der Waals surface area contributed by atoms with Gasteiger partial charge in [0.1, 0.15) is 5.82 Å². The van der Waals surface area contributed by atoms with Crippen LogP contribution in [-0.4, -0.2) is 23.7 Å². The van der Waals surface area contributed by atoms with Crippen LogP contribution in [0.2, 0.25) is 0 Å². The SMILES string of the molecule is C#C[C@@H](CC#Cc1ccc(C2CCCCC(c3ccc(CC4C=NN(CC(C)C(C)(C)C)C4=O)cc3)CCC2)cc1)CC1C=C1C([CH2])(CC)c1ccc(F)cc1C. The number of aryl methyl sites for hydroxylation is 1. The van der Waals surface area contributed by atoms with E-state index in [2.05, 4.69) is 119 Å². The highest BCUT2D eigenvalue weighted by Crippen LogP contribution is 2.51. The number of halogens is 1. The smallest absolute Gasteiger partial charge is 0.251 e. The molecule has 57 heavy (non-hydrogen) atoms. The van der Waals surface area contributed by atoms with Crippen LogP contribution in [0.25, 0.3) is 0 Å². The quantitative estimate of drug-likeness (QED) is 0.134. The molecule has 3 aliphatic rings. The van der Waals surface area contributed by atoms with Crippen LogP contribution >= 0.6 is 0 Å². The molecule has 6 unspecified atom stereocenters. The van der Waals surface area contributed by atoms with Crippen molar-refractivity contribution in [3.8, 4) is 24.2 Å². The lowest BCUT2D eigenvalue weighted by Gasteiger charge is -2.30. The Kier molecular flexibility index (Phi) is 13.7. The van der Waals surface area contributed by atoms with Gasteiger partial charge in [-0.25, -0.2) is 9.40 Å². The van der Waals surface area contributed by atoms with Crippen LogP contribution < -0.4 is 0 Å². The minimum Gasteiger partial charge on any atom is -0.272 e. The first-order valence-electron chi connectivity index (χ1n) is 21.6. The van der Waals surface area contributed by atoms with Gasteiger partial charge >= 0.3 is 0 Å². The molecular weight excluding hydrogens is 700 g/mol. The summed E-state index contributed by atoms with van der Waals surface area (Å²) in [4.78, 5) is 13.1. The van der Waals surface area contributed by atoms with Crippen molar-refractivity contribution < 1.29 is 9.18 Å². The number of hydrazone groups is 1. The molecule has 4 heteroatoms. The van der Waals surface area contributed by atoms with Crippen molar-refractivity contribution in [2.24, 2.45) is 34.2 Å². The fraction of sp³-hybridized carbons (Fsp3) is 0.491. The van der Waals surface area contributed by atoms with Gasteiger partial charge in [0.05, 0.1) is 5.92 Å². The molecule has 1 saturated carbocycles. The molecule has 3 nitrogen and oxygen atoms in total. The monoisotopic (exact) mass is 764 g/mol. The molecular formula is C53H64FN2O. The molecule has 2 aliphatic carbocycles. The summed E-state index contributed by atoms with van der Waals surface area (Å²) in [5.74, 6) is 11.5. The zero-order valence-corrected chi connectivity index (χ0v) is 35.4. The predicted octanol–water partition coefficient (Wildman–Crippen LogP) is 12.5. The maximum absolute atomic E-state index is 13.8. The standard InChI is InChI=1S/C53H64FN2O/c1-9-39(32-46-34-50(46)53(8,10-2)49-30-29-48(54)31-37(49)3)15-13-16-40-21-25-44(26-22-40)42-17-11-12-18-43(20-14-19-42)45-27-23-41(24-28-45)33-47-35-55-56(51(47)57)36-38(4)52(5,6)7/h1,21-31,34-35,38-39,42-43,46-47H,8,10-12,14-15,17-20,32-33,36H2,2-7H3/t38?,39-,42?,43?,46?,47?,53?/m0/s1. The van der Waals surface area contributed by atoms with Gasteiger partial charge in [0.2, 0.25) is 0 Å². The summed E-state index contributed by atoms with van der Waals surface area (Å²) in [6, 6.07) is 23.1. The number of rotatable bonds is 12. The molecule has 3 aromatic carbocycles. The van der Waals surface area contributed by atoms with Gasteiger partial charge in [-0.3, -0.25) is 4.79 Å². The number of hydrogen-bond donors (Lipinski definition) is 0. The van der Waals surface area contributed by atoms with E-state index in [-0.39, 0.29) is 34.4 Å². The largest absolute Gasteiger partial charge is 0.272 e. The number of nitrogens with zero attached hydrogens (tertiary/aromatic N) is 2. The Morgan fingerprint density at radius 3 is 2.16 bits per heavy atom. The van der Waals surface area contributed by atoms with Gasteiger partial charge in [-0.15, -0.1) is 12.3 Å². The Hall–Kier alpha value is -4.41. The van der Waals surface area contributed by atoms with Crippen LogP contribution in [-0.2, 0) is 16.6 Å². The minimum absolute atomic E-state index is 0.0722. The molecule has 3 aromatic rings. The molecule has 6 rings (SSSR count). The molecule has 0 bridgehead atoms. The molecule has 299 valence electrons. The van der Waals surface area contributed by atoms with Gasteiger partial charge in [-0.2, -0.15) is 5.10 Å². The third-order valence-corrected chi connectivity index (χ3v) is 13.5. The average Bonchev–Trinajstić information content (AvgIpc) is 3.87. The molecule has 1 fully saturated rings. The van der Waals surface area contributed by atoms with Gasteiger partial charge in [0, 0.05) is 42.0 Å². The number of benzene rings is 3. The number of carbonyl (C=O) groups is 1. The highest BCUT2D eigenvalue weighted by atomic mass is 19.1. The van der Waals surface area contributed by atoms with E-state index >= 15 is 0 Å². The van der Waals surface area contributed by atoms with Gasteiger partial charge < -0.3 is 0 Å². The highest BCUT2D eigenvalue weighted by Gasteiger charge is 2.42. The first-order valence-corrected chi connectivity index (χ1v) is 21.6. The zero-order valence-electron chi connectivity index (χ0n) is 35.4. The normalized spacial score (nSPS) is 23.2. The predicted molar refractivity (Wildman–Crippen MR) is 235 cm³/mol. The summed E-state index contributed by atoms with van der Waals surface area (Å²) in [5.41, 5.74) is 8.27. The molecule has 1 heterocycles. The summed E-state index contributed by atoms with van der Waals surface area (Å²) in [6.07, 6.45) is 21.8. The fourth-order valence-corrected chi connectivity index (χ4v) is 9.03. The molecule has 1 aliphatic heterocycles. The zero-order chi connectivity index (χ0) is 40.7. The Labute approximate surface area is 344 Å². The van der Waals surface area contributed by atoms with Crippen LogP contribution in [0.5, 0.6) is 0 Å². The van der Waals surface area contributed by atoms with Crippen LogP contribution in [0.4, 0.5) is 4.39 Å². The first kappa shape index (κ1) is 42.2. The van der Waals surface area contributed by atoms with Gasteiger partial charge in [0.15, 0.2) is 0 Å². The van der Waals surface area contributed by atoms with E-state index in [1.54, 1.807) is 17.1 Å². The Bertz CT molecular complexity index is 2020. The van der Waals surface area contributed by atoms with Crippen molar-refractivity contribution in [2.75, 3.05) is 6.54 Å². The maximum atomic E-state index is 13.8. The summed E-state index contributed by atoms with van der Waals surface area (Å²) < 4.78 is 13.8. The third kappa shape index (κ3) is 10.6. The van der Waals surface area contributed by atoms with Crippen molar-refractivity contribution >= 4 is 12.1 Å². The van der Waals surface area contributed by atoms with E-state index in [0.717, 1.165) is 29.5 Å². The van der Waals surface area contributed by atoms with Gasteiger partial charge in [0.25, 0.3) is 5.91 Å². The Morgan fingerprint density at radius 2 is 1.56 bits per heavy atom. The van der Waals surface area contributed by atoms with E-state index in [9.17, 15) is 9.18 Å². The van der Waals surface area contributed by atoms with Crippen LogP contribution in [0.1, 0.15) is 144 Å². The summed E-state index contributed by atoms with van der Waals surface area (Å²) in [5, 5.41) is 6.17. The highest BCUT2D eigenvalue weighted by molar-refractivity contribution is 5.97. The maximum Gasteiger partial charge on any atom is 0.251 e. The third-order valence-electron chi connectivity index (χ3n) is 13.5. The van der Waals surface area contributed by atoms with Crippen molar-refractivity contribution in [1.29, 1.82) is 0 Å². The number of allylic oxidation sites excluding steroid dienone is 2. The van der Waals surface area contributed by atoms with Gasteiger partial charge in [-0.1, -0.05) is 120 Å². The molecule has 0 N–H and O–H groups in total. The van der Waals surface area contributed by atoms with Crippen LogP contribution in [0.3, 0.4) is 0 Å². The van der Waals surface area contributed by atoms with Crippen molar-refractivity contribution in [1.82, 2.24) is 5.01 Å². The topological polar surface area (TPSA) is 32.7 Å². The van der Waals surface area contributed by atoms with Crippen LogP contribution in [0, 0.1) is 72.9 Å². The van der Waals surface area contributed by atoms with Crippen molar-refractivity contribution in [3.63, 3.8) is 0 Å².